The van der Waals surface area contributed by atoms with Crippen LogP contribution in [-0.2, 0) is 16.0 Å². The maximum absolute atomic E-state index is 11.9. The van der Waals surface area contributed by atoms with Crippen molar-refractivity contribution in [3.8, 4) is 17.3 Å². The summed E-state index contributed by atoms with van der Waals surface area (Å²) in [5, 5.41) is 21.7. The van der Waals surface area contributed by atoms with Crippen molar-refractivity contribution in [2.24, 2.45) is 0 Å². The number of amides is 1. The maximum atomic E-state index is 11.9. The molecule has 2 rings (SSSR count). The molecule has 0 aliphatic heterocycles. The number of carbonyl (C=O) groups excluding carboxylic acids is 1. The predicted molar refractivity (Wildman–Crippen MR) is 111 cm³/mol. The fraction of sp³-hybridized carbons (Fsp3) is 0.304. The maximum Gasteiger partial charge on any atom is 0.333 e. The van der Waals surface area contributed by atoms with Crippen LogP contribution in [0.25, 0.3) is 11.3 Å². The van der Waals surface area contributed by atoms with E-state index in [-0.39, 0.29) is 24.3 Å². The van der Waals surface area contributed by atoms with Crippen LogP contribution in [0, 0.1) is 11.3 Å². The first kappa shape index (κ1) is 21.8. The van der Waals surface area contributed by atoms with Crippen LogP contribution < -0.4 is 5.32 Å². The van der Waals surface area contributed by atoms with Crippen molar-refractivity contribution in [2.45, 2.75) is 46.0 Å². The molecule has 0 saturated carbocycles. The van der Waals surface area contributed by atoms with Gasteiger partial charge in [0.2, 0.25) is 5.91 Å². The minimum atomic E-state index is -1.05. The number of benzene rings is 1. The Kier molecular flexibility index (Phi) is 8.11. The quantitative estimate of drug-likeness (QED) is 0.623. The molecule has 2 aromatic rings. The number of pyridine rings is 1. The van der Waals surface area contributed by atoms with Gasteiger partial charge in [-0.15, -0.1) is 0 Å². The minimum Gasteiger partial charge on any atom is -0.478 e. The van der Waals surface area contributed by atoms with Crippen LogP contribution in [0.1, 0.15) is 50.7 Å². The molecule has 0 aliphatic rings. The number of nitrogens with one attached hydrogen (secondary N) is 1. The minimum absolute atomic E-state index is 0.158. The topological polar surface area (TPSA) is 103 Å². The number of nitrogens with zero attached hydrogens (tertiary/aromatic N) is 2. The van der Waals surface area contributed by atoms with Gasteiger partial charge < -0.3 is 10.4 Å². The molecule has 2 N–H and O–H groups in total. The Morgan fingerprint density at radius 2 is 1.93 bits per heavy atom. The first-order valence-corrected chi connectivity index (χ1v) is 9.69. The van der Waals surface area contributed by atoms with Gasteiger partial charge in [0.1, 0.15) is 0 Å². The third-order valence-electron chi connectivity index (χ3n) is 4.54. The lowest BCUT2D eigenvalue weighted by Crippen LogP contribution is -2.25. The second kappa shape index (κ2) is 10.8. The van der Waals surface area contributed by atoms with Gasteiger partial charge in [-0.2, -0.15) is 5.26 Å². The van der Waals surface area contributed by atoms with Crippen molar-refractivity contribution in [1.29, 1.82) is 5.26 Å². The predicted octanol–water partition coefficient (Wildman–Crippen LogP) is 4.22. The number of hydrogen-bond acceptors (Lipinski definition) is 4. The van der Waals surface area contributed by atoms with Gasteiger partial charge in [0, 0.05) is 30.3 Å². The Morgan fingerprint density at radius 1 is 1.17 bits per heavy atom. The van der Waals surface area contributed by atoms with Crippen molar-refractivity contribution in [3.05, 3.63) is 65.0 Å². The first-order valence-electron chi connectivity index (χ1n) is 9.69. The smallest absolute Gasteiger partial charge is 0.333 e. The van der Waals surface area contributed by atoms with Crippen molar-refractivity contribution >= 4 is 11.9 Å². The molecule has 0 spiro atoms. The lowest BCUT2D eigenvalue weighted by molar-refractivity contribution is -0.132. The first-order chi connectivity index (χ1) is 14.0. The van der Waals surface area contributed by atoms with E-state index in [1.54, 1.807) is 37.4 Å². The number of aliphatic carboxylic acids is 1. The number of nitriles is 1. The van der Waals surface area contributed by atoms with E-state index in [0.717, 1.165) is 24.0 Å². The summed E-state index contributed by atoms with van der Waals surface area (Å²) in [6.45, 7) is 3.75. The molecular formula is C23H25N3O3. The van der Waals surface area contributed by atoms with Crippen molar-refractivity contribution in [2.75, 3.05) is 0 Å². The molecule has 0 saturated heterocycles. The summed E-state index contributed by atoms with van der Waals surface area (Å²) in [5.41, 5.74) is 3.27. The number of aromatic nitrogens is 1. The van der Waals surface area contributed by atoms with E-state index in [1.807, 2.05) is 19.1 Å². The molecule has 1 heterocycles. The normalized spacial score (nSPS) is 11.3. The average Bonchev–Trinajstić information content (AvgIpc) is 2.75. The lowest BCUT2D eigenvalue weighted by Gasteiger charge is -2.14. The molecule has 1 aromatic carbocycles. The van der Waals surface area contributed by atoms with Gasteiger partial charge in [-0.1, -0.05) is 44.5 Å². The summed E-state index contributed by atoms with van der Waals surface area (Å²) >= 11 is 0. The Morgan fingerprint density at radius 3 is 2.52 bits per heavy atom. The Balaban J connectivity index is 2.33. The second-order valence-electron chi connectivity index (χ2n) is 6.65. The monoisotopic (exact) mass is 391 g/mol. The van der Waals surface area contributed by atoms with Crippen LogP contribution in [0.5, 0.6) is 0 Å². The Hall–Kier alpha value is -3.46. The molecule has 1 aromatic heterocycles. The fourth-order valence-electron chi connectivity index (χ4n) is 2.91. The number of unbranched alkanes of at least 4 members (excludes halogenated alkanes) is 1. The number of hydrogen-bond donors (Lipinski definition) is 2. The van der Waals surface area contributed by atoms with Crippen LogP contribution in [-0.4, -0.2) is 22.0 Å². The van der Waals surface area contributed by atoms with E-state index >= 15 is 0 Å². The molecule has 0 unspecified atom stereocenters. The zero-order valence-electron chi connectivity index (χ0n) is 16.7. The molecular weight excluding hydrogens is 366 g/mol. The largest absolute Gasteiger partial charge is 0.478 e. The highest BCUT2D eigenvalue weighted by atomic mass is 16.4. The van der Waals surface area contributed by atoms with Gasteiger partial charge >= 0.3 is 5.97 Å². The summed E-state index contributed by atoms with van der Waals surface area (Å²) in [4.78, 5) is 28.1. The Bertz CT molecular complexity index is 941. The van der Waals surface area contributed by atoms with Crippen LogP contribution in [0.15, 0.2) is 53.9 Å². The number of carboxylic acids is 1. The summed E-state index contributed by atoms with van der Waals surface area (Å²) in [6.07, 6.45) is 4.25. The highest BCUT2D eigenvalue weighted by Crippen LogP contribution is 2.22. The molecule has 0 atom stereocenters. The van der Waals surface area contributed by atoms with Gasteiger partial charge in [0.15, 0.2) is 0 Å². The SMILES string of the molecule is CCCC/C(NC(=O)CC)=C(\Cc1ccc(-c2ccccc2C#N)nc1)C(=O)O. The molecule has 0 bridgehead atoms. The van der Waals surface area contributed by atoms with Gasteiger partial charge in [0.25, 0.3) is 0 Å². The summed E-state index contributed by atoms with van der Waals surface area (Å²) in [6, 6.07) is 12.9. The fourth-order valence-corrected chi connectivity index (χ4v) is 2.91. The van der Waals surface area contributed by atoms with E-state index in [4.69, 9.17) is 0 Å². The third kappa shape index (κ3) is 6.01. The van der Waals surface area contributed by atoms with E-state index < -0.39 is 5.97 Å². The van der Waals surface area contributed by atoms with Crippen LogP contribution >= 0.6 is 0 Å². The number of rotatable bonds is 9. The number of carboxylic acid groups (broad SMARTS) is 1. The van der Waals surface area contributed by atoms with Crippen LogP contribution in [0.3, 0.4) is 0 Å². The van der Waals surface area contributed by atoms with Gasteiger partial charge in [0.05, 0.1) is 22.9 Å². The van der Waals surface area contributed by atoms with Gasteiger partial charge in [-0.3, -0.25) is 9.78 Å². The second-order valence-corrected chi connectivity index (χ2v) is 6.65. The van der Waals surface area contributed by atoms with Crippen LogP contribution in [0.4, 0.5) is 0 Å². The molecule has 0 aliphatic carbocycles. The highest BCUT2D eigenvalue weighted by Gasteiger charge is 2.17. The van der Waals surface area contributed by atoms with Crippen molar-refractivity contribution < 1.29 is 14.7 Å². The van der Waals surface area contributed by atoms with E-state index in [1.165, 1.54) is 0 Å². The molecule has 0 fully saturated rings. The molecule has 0 radical (unpaired) electrons. The van der Waals surface area contributed by atoms with E-state index in [0.29, 0.717) is 23.4 Å². The standard InChI is InChI=1S/C23H25N3O3/c1-3-5-10-21(26-22(27)4-2)19(23(28)29)13-16-11-12-20(25-15-16)18-9-7-6-8-17(18)14-24/h6-9,11-12,15H,3-5,10,13H2,1-2H3,(H,26,27)(H,28,29)/b21-19-. The van der Waals surface area contributed by atoms with Crippen molar-refractivity contribution in [3.63, 3.8) is 0 Å². The Labute approximate surface area is 170 Å². The lowest BCUT2D eigenvalue weighted by atomic mass is 10.00. The summed E-state index contributed by atoms with van der Waals surface area (Å²) in [7, 11) is 0. The average molecular weight is 391 g/mol. The summed E-state index contributed by atoms with van der Waals surface area (Å²) < 4.78 is 0. The highest BCUT2D eigenvalue weighted by molar-refractivity contribution is 5.89. The van der Waals surface area contributed by atoms with Crippen LogP contribution in [0.2, 0.25) is 0 Å². The molecule has 150 valence electrons. The van der Waals surface area contributed by atoms with Crippen molar-refractivity contribution in [1.82, 2.24) is 10.3 Å². The van der Waals surface area contributed by atoms with Gasteiger partial charge in [-0.25, -0.2) is 4.79 Å². The zero-order chi connectivity index (χ0) is 21.2. The molecule has 6 heteroatoms. The number of allylic oxidation sites excluding steroid dienone is 1. The third-order valence-corrected chi connectivity index (χ3v) is 4.54. The molecule has 1 amide bonds. The van der Waals surface area contributed by atoms with E-state index in [9.17, 15) is 20.0 Å². The number of carbonyl (C=O) groups is 2. The zero-order valence-corrected chi connectivity index (χ0v) is 16.7. The van der Waals surface area contributed by atoms with Gasteiger partial charge in [-0.05, 0) is 30.5 Å². The summed E-state index contributed by atoms with van der Waals surface area (Å²) in [5.74, 6) is -1.25. The molecule has 29 heavy (non-hydrogen) atoms. The van der Waals surface area contributed by atoms with E-state index in [2.05, 4.69) is 16.4 Å². The molecule has 6 nitrogen and oxygen atoms in total.